The quantitative estimate of drug-likeness (QED) is 0.710. The zero-order valence-electron chi connectivity index (χ0n) is 15.9. The van der Waals surface area contributed by atoms with E-state index in [4.69, 9.17) is 4.74 Å². The van der Waals surface area contributed by atoms with Gasteiger partial charge in [-0.05, 0) is 48.4 Å². The van der Waals surface area contributed by atoms with E-state index in [0.717, 1.165) is 5.56 Å². The second-order valence-electron chi connectivity index (χ2n) is 6.72. The maximum atomic E-state index is 14.8. The molecular formula is C20H22ClFN4O3. The average Bonchev–Trinajstić information content (AvgIpc) is 3.15. The Balaban J connectivity index is 0.00000240. The van der Waals surface area contributed by atoms with E-state index >= 15 is 0 Å². The summed E-state index contributed by atoms with van der Waals surface area (Å²) in [4.78, 5) is 26.2. The second-order valence-corrected chi connectivity index (χ2v) is 6.72. The van der Waals surface area contributed by atoms with E-state index in [2.05, 4.69) is 16.0 Å². The molecule has 3 amide bonds. The predicted molar refractivity (Wildman–Crippen MR) is 111 cm³/mol. The fraction of sp³-hybridized carbons (Fsp3) is 0.300. The minimum Gasteiger partial charge on any atom is -0.495 e. The van der Waals surface area contributed by atoms with Gasteiger partial charge in [-0.1, -0.05) is 6.07 Å². The first-order valence-electron chi connectivity index (χ1n) is 9.14. The molecule has 7 nitrogen and oxygen atoms in total. The van der Waals surface area contributed by atoms with Crippen molar-refractivity contribution in [3.63, 3.8) is 0 Å². The fourth-order valence-corrected chi connectivity index (χ4v) is 3.57. The number of nitrogens with one attached hydrogen (secondary N) is 3. The maximum absolute atomic E-state index is 14.8. The number of fused-ring (bicyclic) bond motifs is 1. The van der Waals surface area contributed by atoms with Gasteiger partial charge in [-0.25, -0.2) is 9.18 Å². The highest BCUT2D eigenvalue weighted by Gasteiger charge is 2.25. The molecule has 2 heterocycles. The summed E-state index contributed by atoms with van der Waals surface area (Å²) in [5.74, 6) is -0.350. The second kappa shape index (κ2) is 8.67. The number of benzene rings is 2. The van der Waals surface area contributed by atoms with Crippen LogP contribution in [0, 0.1) is 5.82 Å². The van der Waals surface area contributed by atoms with Crippen molar-refractivity contribution in [1.82, 2.24) is 10.6 Å². The van der Waals surface area contributed by atoms with E-state index in [1.807, 2.05) is 6.07 Å². The normalized spacial score (nSPS) is 15.2. The number of carbonyl (C=O) groups excluding carboxylic acids is 2. The molecule has 9 heteroatoms. The van der Waals surface area contributed by atoms with Gasteiger partial charge >= 0.3 is 6.03 Å². The number of ether oxygens (including phenoxy) is 1. The molecule has 2 aromatic carbocycles. The van der Waals surface area contributed by atoms with Gasteiger partial charge in [-0.3, -0.25) is 9.69 Å². The number of rotatable bonds is 4. The number of carbonyl (C=O) groups is 2. The Morgan fingerprint density at radius 2 is 2.07 bits per heavy atom. The van der Waals surface area contributed by atoms with Crippen molar-refractivity contribution in [2.24, 2.45) is 0 Å². The summed E-state index contributed by atoms with van der Waals surface area (Å²) in [6.07, 6.45) is 0.585. The smallest absolute Gasteiger partial charge is 0.322 e. The van der Waals surface area contributed by atoms with Crippen molar-refractivity contribution in [1.29, 1.82) is 0 Å². The van der Waals surface area contributed by atoms with Crippen LogP contribution in [-0.2, 0) is 13.0 Å². The Morgan fingerprint density at radius 3 is 2.79 bits per heavy atom. The summed E-state index contributed by atoms with van der Waals surface area (Å²) < 4.78 is 20.1. The molecule has 0 unspecified atom stereocenters. The lowest BCUT2D eigenvalue weighted by Gasteiger charge is -2.20. The molecule has 2 aromatic rings. The highest BCUT2D eigenvalue weighted by atomic mass is 35.5. The van der Waals surface area contributed by atoms with Crippen LogP contribution >= 0.6 is 12.4 Å². The minimum absolute atomic E-state index is 0. The van der Waals surface area contributed by atoms with E-state index in [1.54, 1.807) is 24.3 Å². The first kappa shape index (κ1) is 20.9. The summed E-state index contributed by atoms with van der Waals surface area (Å²) in [5.41, 5.74) is 2.52. The van der Waals surface area contributed by atoms with E-state index in [1.165, 1.54) is 12.0 Å². The van der Waals surface area contributed by atoms with E-state index in [0.29, 0.717) is 55.2 Å². The Kier molecular flexibility index (Phi) is 6.24. The third-order valence-corrected chi connectivity index (χ3v) is 5.04. The van der Waals surface area contributed by atoms with Gasteiger partial charge in [0, 0.05) is 25.2 Å². The molecule has 0 saturated carbocycles. The first-order valence-corrected chi connectivity index (χ1v) is 9.14. The Hall–Kier alpha value is -2.84. The Bertz CT molecular complexity index is 954. The largest absolute Gasteiger partial charge is 0.495 e. The molecule has 0 spiro atoms. The van der Waals surface area contributed by atoms with Crippen LogP contribution < -0.4 is 25.6 Å². The van der Waals surface area contributed by atoms with Crippen molar-refractivity contribution >= 4 is 35.7 Å². The maximum Gasteiger partial charge on any atom is 0.322 e. The van der Waals surface area contributed by atoms with Crippen LogP contribution in [0.5, 0.6) is 5.75 Å². The highest BCUT2D eigenvalue weighted by Crippen LogP contribution is 2.31. The minimum atomic E-state index is -0.448. The third kappa shape index (κ3) is 3.99. The van der Waals surface area contributed by atoms with Gasteiger partial charge in [0.25, 0.3) is 5.91 Å². The molecule has 3 N–H and O–H groups in total. The Morgan fingerprint density at radius 1 is 1.24 bits per heavy atom. The molecule has 1 fully saturated rings. The average molecular weight is 421 g/mol. The van der Waals surface area contributed by atoms with Crippen LogP contribution in [0.4, 0.5) is 20.6 Å². The molecule has 1 saturated heterocycles. The summed E-state index contributed by atoms with van der Waals surface area (Å²) in [6, 6.07) is 7.96. The highest BCUT2D eigenvalue weighted by molar-refractivity contribution is 6.06. The molecular weight excluding hydrogens is 399 g/mol. The number of hydrogen-bond donors (Lipinski definition) is 3. The molecule has 0 radical (unpaired) electrons. The number of halogens is 2. The lowest BCUT2D eigenvalue weighted by Crippen LogP contribution is -2.28. The molecule has 154 valence electrons. The molecule has 0 aliphatic carbocycles. The molecule has 0 aromatic heterocycles. The molecule has 4 rings (SSSR count). The van der Waals surface area contributed by atoms with Gasteiger partial charge in [0.05, 0.1) is 18.5 Å². The lowest BCUT2D eigenvalue weighted by molar-refractivity contribution is 0.102. The number of hydrogen-bond acceptors (Lipinski definition) is 4. The van der Waals surface area contributed by atoms with Crippen LogP contribution in [0.1, 0.15) is 21.5 Å². The molecule has 29 heavy (non-hydrogen) atoms. The Labute approximate surface area is 174 Å². The van der Waals surface area contributed by atoms with Crippen LogP contribution in [0.2, 0.25) is 0 Å². The monoisotopic (exact) mass is 420 g/mol. The molecule has 2 aliphatic heterocycles. The summed E-state index contributed by atoms with van der Waals surface area (Å²) >= 11 is 0. The summed E-state index contributed by atoms with van der Waals surface area (Å²) in [5, 5.41) is 8.57. The van der Waals surface area contributed by atoms with Crippen LogP contribution in [0.15, 0.2) is 30.3 Å². The number of amides is 3. The molecule has 0 bridgehead atoms. The van der Waals surface area contributed by atoms with Gasteiger partial charge in [0.1, 0.15) is 11.6 Å². The zero-order chi connectivity index (χ0) is 19.7. The van der Waals surface area contributed by atoms with Crippen LogP contribution in [0.25, 0.3) is 0 Å². The van der Waals surface area contributed by atoms with Crippen LogP contribution in [0.3, 0.4) is 0 Å². The molecule has 2 aliphatic rings. The van der Waals surface area contributed by atoms with E-state index in [-0.39, 0.29) is 29.9 Å². The SMILES string of the molecule is COc1ccc(C(=O)Nc2ccc3c(c2F)CCNC3)cc1N1CCNC1=O.Cl. The number of urea groups is 1. The van der Waals surface area contributed by atoms with Crippen molar-refractivity contribution < 1.29 is 18.7 Å². The fourth-order valence-electron chi connectivity index (χ4n) is 3.57. The lowest BCUT2D eigenvalue weighted by atomic mass is 9.99. The number of nitrogens with zero attached hydrogens (tertiary/aromatic N) is 1. The van der Waals surface area contributed by atoms with Crippen molar-refractivity contribution in [2.45, 2.75) is 13.0 Å². The van der Waals surface area contributed by atoms with Gasteiger partial charge in [-0.15, -0.1) is 12.4 Å². The topological polar surface area (TPSA) is 82.7 Å². The van der Waals surface area contributed by atoms with Gasteiger partial charge in [-0.2, -0.15) is 0 Å². The summed E-state index contributed by atoms with van der Waals surface area (Å²) in [7, 11) is 1.50. The van der Waals surface area contributed by atoms with Gasteiger partial charge < -0.3 is 20.7 Å². The van der Waals surface area contributed by atoms with Crippen molar-refractivity contribution in [3.8, 4) is 5.75 Å². The van der Waals surface area contributed by atoms with Crippen molar-refractivity contribution in [3.05, 3.63) is 52.8 Å². The van der Waals surface area contributed by atoms with E-state index < -0.39 is 5.91 Å². The number of anilines is 2. The van der Waals surface area contributed by atoms with Gasteiger partial charge in [0.15, 0.2) is 0 Å². The standard InChI is InChI=1S/C20H21FN4O3.ClH/c1-28-17-5-3-12(10-16(17)25-9-8-23-20(25)27)19(26)24-15-4-2-13-11-22-7-6-14(13)18(15)21;/h2-5,10,22H,6-9,11H2,1H3,(H,23,27)(H,24,26);1H. The third-order valence-electron chi connectivity index (χ3n) is 5.04. The molecule has 0 atom stereocenters. The predicted octanol–water partition coefficient (Wildman–Crippen LogP) is 2.68. The van der Waals surface area contributed by atoms with Gasteiger partial charge in [0.2, 0.25) is 0 Å². The first-order chi connectivity index (χ1) is 13.6. The van der Waals surface area contributed by atoms with Crippen LogP contribution in [-0.4, -0.2) is 38.7 Å². The van der Waals surface area contributed by atoms with E-state index in [9.17, 15) is 14.0 Å². The number of methoxy groups -OCH3 is 1. The summed E-state index contributed by atoms with van der Waals surface area (Å²) in [6.45, 7) is 2.34. The zero-order valence-corrected chi connectivity index (χ0v) is 16.7. The van der Waals surface area contributed by atoms with Crippen molar-refractivity contribution in [2.75, 3.05) is 37.0 Å².